The fourth-order valence-corrected chi connectivity index (χ4v) is 3.34. The van der Waals surface area contributed by atoms with Gasteiger partial charge in [0.2, 0.25) is 0 Å². The lowest BCUT2D eigenvalue weighted by Gasteiger charge is -2.35. The van der Waals surface area contributed by atoms with E-state index in [1.807, 2.05) is 0 Å². The summed E-state index contributed by atoms with van der Waals surface area (Å²) < 4.78 is 0. The van der Waals surface area contributed by atoms with Gasteiger partial charge in [-0.15, -0.1) is 0 Å². The summed E-state index contributed by atoms with van der Waals surface area (Å²) in [6.07, 6.45) is 0. The van der Waals surface area contributed by atoms with E-state index in [0.29, 0.717) is 6.04 Å². The number of hydrogen-bond donors (Lipinski definition) is 0. The van der Waals surface area contributed by atoms with Crippen LogP contribution in [0.15, 0.2) is 42.5 Å². The summed E-state index contributed by atoms with van der Waals surface area (Å²) in [7, 11) is 2.16. The van der Waals surface area contributed by atoms with Gasteiger partial charge in [-0.3, -0.25) is 0 Å². The zero-order valence-electron chi connectivity index (χ0n) is 12.2. The van der Waals surface area contributed by atoms with E-state index in [1.165, 1.54) is 28.4 Å². The maximum absolute atomic E-state index is 2.47. The van der Waals surface area contributed by atoms with Crippen LogP contribution in [0.2, 0.25) is 0 Å². The topological polar surface area (TPSA) is 9.72 Å². The highest BCUT2D eigenvalue weighted by Gasteiger charge is 2.36. The van der Waals surface area contributed by atoms with Gasteiger partial charge < -0.3 is 14.7 Å². The Morgan fingerprint density at radius 2 is 1.50 bits per heavy atom. The van der Waals surface area contributed by atoms with Crippen LogP contribution in [0.3, 0.4) is 0 Å². The first-order valence-corrected chi connectivity index (χ1v) is 7.18. The molecule has 2 aromatic carbocycles. The van der Waals surface area contributed by atoms with Crippen molar-refractivity contribution in [3.63, 3.8) is 0 Å². The fraction of sp³-hybridized carbons (Fsp3) is 0.294. The van der Waals surface area contributed by atoms with E-state index in [0.717, 1.165) is 6.67 Å². The van der Waals surface area contributed by atoms with Crippen LogP contribution < -0.4 is 14.7 Å². The van der Waals surface area contributed by atoms with Crippen LogP contribution >= 0.6 is 0 Å². The van der Waals surface area contributed by atoms with Gasteiger partial charge in [-0.1, -0.05) is 18.2 Å². The van der Waals surface area contributed by atoms with E-state index in [1.54, 1.807) is 0 Å². The Morgan fingerprint density at radius 3 is 2.25 bits per heavy atom. The van der Waals surface area contributed by atoms with Crippen LogP contribution in [-0.4, -0.2) is 19.8 Å². The minimum Gasteiger partial charge on any atom is -0.349 e. The maximum atomic E-state index is 2.47. The molecule has 0 atom stereocenters. The second-order valence-corrected chi connectivity index (χ2v) is 5.83. The molecule has 2 heterocycles. The monoisotopic (exact) mass is 265 g/mol. The summed E-state index contributed by atoms with van der Waals surface area (Å²) in [6, 6.07) is 15.8. The molecular formula is C17H19N3. The second-order valence-electron chi connectivity index (χ2n) is 5.83. The lowest BCUT2D eigenvalue weighted by Crippen LogP contribution is -2.34. The van der Waals surface area contributed by atoms with Crippen LogP contribution in [0.1, 0.15) is 13.8 Å². The van der Waals surface area contributed by atoms with Gasteiger partial charge in [0.1, 0.15) is 0 Å². The zero-order valence-corrected chi connectivity index (χ0v) is 12.2. The normalized spacial score (nSPS) is 15.7. The van der Waals surface area contributed by atoms with Crippen molar-refractivity contribution in [2.75, 3.05) is 28.4 Å². The van der Waals surface area contributed by atoms with Gasteiger partial charge in [0.15, 0.2) is 0 Å². The lowest BCUT2D eigenvalue weighted by molar-refractivity contribution is 0.709. The highest BCUT2D eigenvalue weighted by Crippen LogP contribution is 2.54. The standard InChI is InChI=1S/C17H19N3/c1-12(2)19-11-20-14-8-5-4-7-13(14)18(3)15-9-6-10-16(19)17(15)20/h4-10,12H,11H2,1-3H3. The summed E-state index contributed by atoms with van der Waals surface area (Å²) in [5, 5.41) is 0. The number of nitrogens with zero attached hydrogens (tertiary/aromatic N) is 3. The molecule has 3 heteroatoms. The van der Waals surface area contributed by atoms with Crippen molar-refractivity contribution in [3.8, 4) is 0 Å². The lowest BCUT2D eigenvalue weighted by atomic mass is 10.1. The van der Waals surface area contributed by atoms with Gasteiger partial charge in [0.25, 0.3) is 0 Å². The van der Waals surface area contributed by atoms with Crippen LogP contribution in [0.4, 0.5) is 28.4 Å². The first-order valence-electron chi connectivity index (χ1n) is 7.18. The number of para-hydroxylation sites is 3. The molecule has 0 unspecified atom stereocenters. The van der Waals surface area contributed by atoms with E-state index >= 15 is 0 Å². The molecule has 102 valence electrons. The Morgan fingerprint density at radius 1 is 0.850 bits per heavy atom. The van der Waals surface area contributed by atoms with Crippen molar-refractivity contribution in [3.05, 3.63) is 42.5 Å². The van der Waals surface area contributed by atoms with E-state index in [-0.39, 0.29) is 0 Å². The predicted molar refractivity (Wildman–Crippen MR) is 85.6 cm³/mol. The number of fused-ring (bicyclic) bond motifs is 2. The van der Waals surface area contributed by atoms with Crippen LogP contribution in [0, 0.1) is 0 Å². The molecule has 0 saturated heterocycles. The van der Waals surface area contributed by atoms with Crippen LogP contribution in [-0.2, 0) is 0 Å². The van der Waals surface area contributed by atoms with Crippen molar-refractivity contribution in [1.82, 2.24) is 0 Å². The quantitative estimate of drug-likeness (QED) is 0.769. The Kier molecular flexibility index (Phi) is 2.28. The van der Waals surface area contributed by atoms with Gasteiger partial charge >= 0.3 is 0 Å². The van der Waals surface area contributed by atoms with Gasteiger partial charge in [-0.2, -0.15) is 0 Å². The number of hydrogen-bond acceptors (Lipinski definition) is 3. The Hall–Kier alpha value is -2.16. The Balaban J connectivity index is 1.98. The molecule has 0 bridgehead atoms. The average molecular weight is 265 g/mol. The molecule has 0 saturated carbocycles. The maximum Gasteiger partial charge on any atom is 0.0957 e. The number of anilines is 5. The molecule has 2 aromatic rings. The van der Waals surface area contributed by atoms with E-state index in [2.05, 4.69) is 78.1 Å². The molecule has 0 aliphatic carbocycles. The van der Waals surface area contributed by atoms with Gasteiger partial charge in [0.05, 0.1) is 35.1 Å². The number of rotatable bonds is 1. The average Bonchev–Trinajstić information content (AvgIpc) is 2.86. The van der Waals surface area contributed by atoms with Crippen molar-refractivity contribution >= 4 is 28.4 Å². The van der Waals surface area contributed by atoms with E-state index in [9.17, 15) is 0 Å². The third-order valence-corrected chi connectivity index (χ3v) is 4.39. The van der Waals surface area contributed by atoms with Crippen molar-refractivity contribution in [2.24, 2.45) is 0 Å². The minimum absolute atomic E-state index is 0.504. The third-order valence-electron chi connectivity index (χ3n) is 4.39. The zero-order chi connectivity index (χ0) is 13.9. The summed E-state index contributed by atoms with van der Waals surface area (Å²) in [6.45, 7) is 5.45. The molecule has 0 fully saturated rings. The largest absolute Gasteiger partial charge is 0.349 e. The highest BCUT2D eigenvalue weighted by molar-refractivity contribution is 6.01. The highest BCUT2D eigenvalue weighted by atomic mass is 15.4. The first-order chi connectivity index (χ1) is 9.68. The van der Waals surface area contributed by atoms with E-state index in [4.69, 9.17) is 0 Å². The molecule has 0 spiro atoms. The molecule has 0 radical (unpaired) electrons. The molecule has 3 nitrogen and oxygen atoms in total. The predicted octanol–water partition coefficient (Wildman–Crippen LogP) is 4.09. The molecule has 4 rings (SSSR count). The molecule has 0 aromatic heterocycles. The van der Waals surface area contributed by atoms with Gasteiger partial charge in [0, 0.05) is 13.1 Å². The van der Waals surface area contributed by atoms with Gasteiger partial charge in [-0.25, -0.2) is 0 Å². The molecule has 2 aliphatic heterocycles. The second kappa shape index (κ2) is 3.92. The third kappa shape index (κ3) is 1.35. The summed E-state index contributed by atoms with van der Waals surface area (Å²) in [5.74, 6) is 0. The van der Waals surface area contributed by atoms with Crippen molar-refractivity contribution in [2.45, 2.75) is 19.9 Å². The SMILES string of the molecule is CC(C)N1CN2c3ccccc3N(C)c3cccc1c32. The summed E-state index contributed by atoms with van der Waals surface area (Å²) >= 11 is 0. The Labute approximate surface area is 120 Å². The number of benzene rings is 2. The minimum atomic E-state index is 0.504. The van der Waals surface area contributed by atoms with Crippen molar-refractivity contribution < 1.29 is 0 Å². The Bertz CT molecular complexity index is 678. The van der Waals surface area contributed by atoms with Gasteiger partial charge in [-0.05, 0) is 38.1 Å². The molecule has 0 amide bonds. The fourth-order valence-electron chi connectivity index (χ4n) is 3.34. The summed E-state index contributed by atoms with van der Waals surface area (Å²) in [4.78, 5) is 7.21. The first kappa shape index (κ1) is 11.6. The van der Waals surface area contributed by atoms with Crippen molar-refractivity contribution in [1.29, 1.82) is 0 Å². The van der Waals surface area contributed by atoms with Crippen LogP contribution in [0.25, 0.3) is 0 Å². The summed E-state index contributed by atoms with van der Waals surface area (Å²) in [5.41, 5.74) is 6.58. The molecule has 20 heavy (non-hydrogen) atoms. The molecule has 2 aliphatic rings. The smallest absolute Gasteiger partial charge is 0.0957 e. The van der Waals surface area contributed by atoms with E-state index < -0.39 is 0 Å². The molecular weight excluding hydrogens is 246 g/mol. The van der Waals surface area contributed by atoms with Crippen LogP contribution in [0.5, 0.6) is 0 Å². The molecule has 0 N–H and O–H groups in total.